The summed E-state index contributed by atoms with van der Waals surface area (Å²) in [7, 11) is 3.40. The van der Waals surface area contributed by atoms with Crippen molar-refractivity contribution in [3.8, 4) is 5.75 Å². The fraction of sp³-hybridized carbons (Fsp3) is 0.462. The lowest BCUT2D eigenvalue weighted by molar-refractivity contribution is -0.130. The first-order valence-corrected chi connectivity index (χ1v) is 5.72. The molecule has 0 spiro atoms. The molecule has 0 unspecified atom stereocenters. The molecule has 0 saturated carbocycles. The zero-order valence-electron chi connectivity index (χ0n) is 10.1. The lowest BCUT2D eigenvalue weighted by atomic mass is 10.1. The molecule has 92 valence electrons. The Morgan fingerprint density at radius 2 is 2.29 bits per heavy atom. The molecule has 2 rings (SSSR count). The second-order valence-corrected chi connectivity index (χ2v) is 4.49. The zero-order valence-corrected chi connectivity index (χ0v) is 10.1. The number of aliphatic hydroxyl groups excluding tert-OH is 1. The van der Waals surface area contributed by atoms with Gasteiger partial charge in [-0.3, -0.25) is 4.79 Å². The number of fused-ring (bicyclic) bond motifs is 1. The van der Waals surface area contributed by atoms with Crippen molar-refractivity contribution in [1.82, 2.24) is 4.90 Å². The maximum atomic E-state index is 11.4. The number of hydrogen-bond donors (Lipinski definition) is 1. The largest absolute Gasteiger partial charge is 0.484 e. The van der Waals surface area contributed by atoms with Crippen LogP contribution in [0.2, 0.25) is 0 Å². The Bertz CT molecular complexity index is 429. The van der Waals surface area contributed by atoms with Gasteiger partial charge in [0.15, 0.2) is 6.61 Å². The van der Waals surface area contributed by atoms with Crippen molar-refractivity contribution in [3.05, 3.63) is 29.3 Å². The van der Waals surface area contributed by atoms with Crippen LogP contribution in [-0.2, 0) is 11.2 Å². The van der Waals surface area contributed by atoms with E-state index < -0.39 is 0 Å². The molecule has 0 radical (unpaired) electrons. The molecule has 1 aromatic rings. The van der Waals surface area contributed by atoms with Crippen molar-refractivity contribution >= 4 is 5.91 Å². The van der Waals surface area contributed by atoms with Crippen LogP contribution in [-0.4, -0.2) is 36.6 Å². The Morgan fingerprint density at radius 3 is 3.00 bits per heavy atom. The Labute approximate surface area is 101 Å². The molecule has 1 atom stereocenters. The van der Waals surface area contributed by atoms with Crippen LogP contribution in [0.5, 0.6) is 5.75 Å². The smallest absolute Gasteiger partial charge is 0.259 e. The quantitative estimate of drug-likeness (QED) is 0.854. The molecule has 4 heteroatoms. The third-order valence-electron chi connectivity index (χ3n) is 3.02. The number of rotatable bonds is 3. The van der Waals surface area contributed by atoms with Gasteiger partial charge in [-0.15, -0.1) is 0 Å². The van der Waals surface area contributed by atoms with Gasteiger partial charge in [0.25, 0.3) is 5.91 Å². The molecule has 1 aromatic carbocycles. The number of carbonyl (C=O) groups is 1. The predicted molar refractivity (Wildman–Crippen MR) is 63.9 cm³/mol. The van der Waals surface area contributed by atoms with Crippen molar-refractivity contribution < 1.29 is 14.6 Å². The molecule has 17 heavy (non-hydrogen) atoms. The Morgan fingerprint density at radius 1 is 1.53 bits per heavy atom. The summed E-state index contributed by atoms with van der Waals surface area (Å²) >= 11 is 0. The fourth-order valence-electron chi connectivity index (χ4n) is 1.94. The summed E-state index contributed by atoms with van der Waals surface area (Å²) in [6.45, 7) is 0.0499. The highest BCUT2D eigenvalue weighted by Crippen LogP contribution is 2.33. The van der Waals surface area contributed by atoms with Crippen LogP contribution in [0.1, 0.15) is 23.7 Å². The highest BCUT2D eigenvalue weighted by Gasteiger charge is 2.20. The highest BCUT2D eigenvalue weighted by molar-refractivity contribution is 5.77. The summed E-state index contributed by atoms with van der Waals surface area (Å²) in [5.74, 6) is 0.624. The van der Waals surface area contributed by atoms with E-state index in [0.29, 0.717) is 5.75 Å². The van der Waals surface area contributed by atoms with Gasteiger partial charge in [0, 0.05) is 14.1 Å². The van der Waals surface area contributed by atoms with Gasteiger partial charge in [0.05, 0.1) is 6.10 Å². The number of hydrogen-bond acceptors (Lipinski definition) is 3. The maximum absolute atomic E-state index is 11.4. The van der Waals surface area contributed by atoms with Crippen LogP contribution >= 0.6 is 0 Å². The molecule has 1 amide bonds. The Balaban J connectivity index is 2.02. The van der Waals surface area contributed by atoms with E-state index in [9.17, 15) is 9.90 Å². The highest BCUT2D eigenvalue weighted by atomic mass is 16.5. The molecule has 1 aliphatic carbocycles. The SMILES string of the molecule is CN(C)C(=O)COc1ccc2c(c1)CC[C@@H]2O. The van der Waals surface area contributed by atoms with E-state index in [-0.39, 0.29) is 18.6 Å². The summed E-state index contributed by atoms with van der Waals surface area (Å²) in [5, 5.41) is 9.66. The summed E-state index contributed by atoms with van der Waals surface area (Å²) in [6.07, 6.45) is 1.30. The fourth-order valence-corrected chi connectivity index (χ4v) is 1.94. The molecular formula is C13H17NO3. The first-order chi connectivity index (χ1) is 8.08. The number of amides is 1. The van der Waals surface area contributed by atoms with Crippen LogP contribution in [0, 0.1) is 0 Å². The van der Waals surface area contributed by atoms with Crippen LogP contribution in [0.4, 0.5) is 0 Å². The third-order valence-corrected chi connectivity index (χ3v) is 3.02. The van der Waals surface area contributed by atoms with E-state index in [2.05, 4.69) is 0 Å². The van der Waals surface area contributed by atoms with E-state index in [1.165, 1.54) is 4.90 Å². The van der Waals surface area contributed by atoms with Crippen molar-refractivity contribution in [3.63, 3.8) is 0 Å². The molecule has 4 nitrogen and oxygen atoms in total. The van der Waals surface area contributed by atoms with Crippen LogP contribution in [0.25, 0.3) is 0 Å². The minimum absolute atomic E-state index is 0.0499. The molecule has 0 aromatic heterocycles. The summed E-state index contributed by atoms with van der Waals surface area (Å²) in [5.41, 5.74) is 2.10. The van der Waals surface area contributed by atoms with Crippen molar-refractivity contribution in [2.75, 3.05) is 20.7 Å². The second-order valence-electron chi connectivity index (χ2n) is 4.49. The first-order valence-electron chi connectivity index (χ1n) is 5.72. The number of aliphatic hydroxyl groups is 1. The van der Waals surface area contributed by atoms with Gasteiger partial charge in [-0.1, -0.05) is 6.07 Å². The molecule has 0 saturated heterocycles. The molecule has 0 aliphatic heterocycles. The number of aryl methyl sites for hydroxylation is 1. The van der Waals surface area contributed by atoms with E-state index in [1.54, 1.807) is 20.2 Å². The minimum atomic E-state index is -0.345. The number of nitrogens with zero attached hydrogens (tertiary/aromatic N) is 1. The predicted octanol–water partition coefficient (Wildman–Crippen LogP) is 1.13. The van der Waals surface area contributed by atoms with Crippen molar-refractivity contribution in [1.29, 1.82) is 0 Å². The summed E-state index contributed by atoms with van der Waals surface area (Å²) in [4.78, 5) is 12.9. The summed E-state index contributed by atoms with van der Waals surface area (Å²) < 4.78 is 5.42. The molecule has 0 bridgehead atoms. The van der Waals surface area contributed by atoms with Gasteiger partial charge < -0.3 is 14.7 Å². The molecule has 1 aliphatic rings. The van der Waals surface area contributed by atoms with Crippen molar-refractivity contribution in [2.24, 2.45) is 0 Å². The summed E-state index contributed by atoms with van der Waals surface area (Å²) in [6, 6.07) is 5.59. The lowest BCUT2D eigenvalue weighted by Crippen LogP contribution is -2.27. The number of likely N-dealkylation sites (N-methyl/N-ethyl adjacent to an activating group) is 1. The topological polar surface area (TPSA) is 49.8 Å². The maximum Gasteiger partial charge on any atom is 0.259 e. The lowest BCUT2D eigenvalue weighted by Gasteiger charge is -2.12. The van der Waals surface area contributed by atoms with Gasteiger partial charge in [-0.05, 0) is 36.1 Å². The van der Waals surface area contributed by atoms with Gasteiger partial charge in [-0.2, -0.15) is 0 Å². The monoisotopic (exact) mass is 235 g/mol. The molecule has 0 fully saturated rings. The van der Waals surface area contributed by atoms with Gasteiger partial charge in [0.2, 0.25) is 0 Å². The Hall–Kier alpha value is -1.55. The molecular weight excluding hydrogens is 218 g/mol. The average Bonchev–Trinajstić information content (AvgIpc) is 2.67. The Kier molecular flexibility index (Phi) is 3.33. The van der Waals surface area contributed by atoms with Crippen LogP contribution in [0.3, 0.4) is 0 Å². The van der Waals surface area contributed by atoms with Crippen LogP contribution < -0.4 is 4.74 Å². The van der Waals surface area contributed by atoms with Gasteiger partial charge in [-0.25, -0.2) is 0 Å². The van der Waals surface area contributed by atoms with E-state index >= 15 is 0 Å². The first kappa shape index (κ1) is 11.9. The number of ether oxygens (including phenoxy) is 1. The number of benzene rings is 1. The molecule has 0 heterocycles. The number of carbonyl (C=O) groups excluding carboxylic acids is 1. The van der Waals surface area contributed by atoms with E-state index in [0.717, 1.165) is 24.0 Å². The van der Waals surface area contributed by atoms with E-state index in [4.69, 9.17) is 4.74 Å². The average molecular weight is 235 g/mol. The molecule has 1 N–H and O–H groups in total. The standard InChI is InChI=1S/C13H17NO3/c1-14(2)13(16)8-17-10-4-5-11-9(7-10)3-6-12(11)15/h4-5,7,12,15H,3,6,8H2,1-2H3/t12-/m0/s1. The minimum Gasteiger partial charge on any atom is -0.484 e. The zero-order chi connectivity index (χ0) is 12.4. The van der Waals surface area contributed by atoms with Gasteiger partial charge in [0.1, 0.15) is 5.75 Å². The second kappa shape index (κ2) is 4.75. The van der Waals surface area contributed by atoms with Gasteiger partial charge >= 0.3 is 0 Å². The van der Waals surface area contributed by atoms with E-state index in [1.807, 2.05) is 12.1 Å². The third kappa shape index (κ3) is 2.58. The van der Waals surface area contributed by atoms with Crippen LogP contribution in [0.15, 0.2) is 18.2 Å². The normalized spacial score (nSPS) is 17.7. The van der Waals surface area contributed by atoms with Crippen molar-refractivity contribution in [2.45, 2.75) is 18.9 Å².